The molecular formula is C20H28N4O. The van der Waals surface area contributed by atoms with Crippen LogP contribution in [0.3, 0.4) is 0 Å². The van der Waals surface area contributed by atoms with E-state index in [0.717, 1.165) is 57.3 Å². The van der Waals surface area contributed by atoms with Gasteiger partial charge < -0.3 is 10.6 Å². The summed E-state index contributed by atoms with van der Waals surface area (Å²) in [6, 6.07) is 10.0. The number of benzene rings is 1. The van der Waals surface area contributed by atoms with Crippen molar-refractivity contribution >= 4 is 11.7 Å². The van der Waals surface area contributed by atoms with E-state index in [1.165, 1.54) is 12.8 Å². The number of nitrogens with one attached hydrogen (secondary N) is 2. The summed E-state index contributed by atoms with van der Waals surface area (Å²) in [5.74, 6) is 0. The summed E-state index contributed by atoms with van der Waals surface area (Å²) in [5.41, 5.74) is 1.44. The number of carbonyl (C=O) groups excluding carboxylic acids is 1. The summed E-state index contributed by atoms with van der Waals surface area (Å²) in [5, 5.41) is 15.8. The Balaban J connectivity index is 1.81. The molecule has 0 radical (unpaired) electrons. The van der Waals surface area contributed by atoms with E-state index in [1.807, 2.05) is 23.1 Å². The van der Waals surface area contributed by atoms with Crippen molar-refractivity contribution in [2.75, 3.05) is 18.0 Å². The fourth-order valence-corrected chi connectivity index (χ4v) is 3.95. The lowest BCUT2D eigenvalue weighted by atomic mass is 10.0. The van der Waals surface area contributed by atoms with E-state index in [-0.39, 0.29) is 18.1 Å². The molecule has 2 amide bonds. The Morgan fingerprint density at radius 3 is 2.64 bits per heavy atom. The zero-order chi connectivity index (χ0) is 17.5. The van der Waals surface area contributed by atoms with E-state index in [1.54, 1.807) is 6.07 Å². The topological polar surface area (TPSA) is 68.2 Å². The van der Waals surface area contributed by atoms with Crippen molar-refractivity contribution in [2.24, 2.45) is 0 Å². The standard InChI is InChI=1S/C20H28N4O/c21-14-16-7-5-11-19(13-16)24(18-9-3-1-2-4-10-18)20(25)23-17-8-6-12-22-15-17/h5,7,11,13,17-18,22H,1-4,6,8-10,12,15H2,(H,23,25). The average molecular weight is 340 g/mol. The molecule has 5 nitrogen and oxygen atoms in total. The predicted molar refractivity (Wildman–Crippen MR) is 99.5 cm³/mol. The molecule has 3 rings (SSSR count). The van der Waals surface area contributed by atoms with Crippen LogP contribution in [0.5, 0.6) is 0 Å². The van der Waals surface area contributed by atoms with E-state index in [4.69, 9.17) is 0 Å². The van der Waals surface area contributed by atoms with Gasteiger partial charge in [0.15, 0.2) is 0 Å². The van der Waals surface area contributed by atoms with Gasteiger partial charge in [0, 0.05) is 24.3 Å². The van der Waals surface area contributed by atoms with Crippen molar-refractivity contribution in [1.29, 1.82) is 5.26 Å². The van der Waals surface area contributed by atoms with Crippen molar-refractivity contribution in [3.05, 3.63) is 29.8 Å². The van der Waals surface area contributed by atoms with Gasteiger partial charge in [0.1, 0.15) is 0 Å². The molecule has 2 aliphatic rings. The van der Waals surface area contributed by atoms with Gasteiger partial charge in [0.2, 0.25) is 0 Å². The largest absolute Gasteiger partial charge is 0.334 e. The van der Waals surface area contributed by atoms with Crippen molar-refractivity contribution in [1.82, 2.24) is 10.6 Å². The Labute approximate surface area is 150 Å². The van der Waals surface area contributed by atoms with Gasteiger partial charge in [-0.15, -0.1) is 0 Å². The summed E-state index contributed by atoms with van der Waals surface area (Å²) >= 11 is 0. The Morgan fingerprint density at radius 1 is 1.16 bits per heavy atom. The molecule has 1 unspecified atom stereocenters. The molecule has 2 N–H and O–H groups in total. The minimum absolute atomic E-state index is 0.0179. The number of hydrogen-bond donors (Lipinski definition) is 2. The molecule has 5 heteroatoms. The van der Waals surface area contributed by atoms with Crippen molar-refractivity contribution in [2.45, 2.75) is 63.5 Å². The van der Waals surface area contributed by atoms with Crippen molar-refractivity contribution in [3.8, 4) is 6.07 Å². The van der Waals surface area contributed by atoms with Crippen molar-refractivity contribution in [3.63, 3.8) is 0 Å². The quantitative estimate of drug-likeness (QED) is 0.827. The molecule has 1 heterocycles. The number of nitrogens with zero attached hydrogens (tertiary/aromatic N) is 2. The van der Waals surface area contributed by atoms with E-state index < -0.39 is 0 Å². The molecule has 1 aliphatic heterocycles. The first-order valence-electron chi connectivity index (χ1n) is 9.58. The summed E-state index contributed by atoms with van der Waals surface area (Å²) in [4.78, 5) is 15.0. The predicted octanol–water partition coefficient (Wildman–Crippen LogP) is 3.55. The Kier molecular flexibility index (Phi) is 6.30. The van der Waals surface area contributed by atoms with Gasteiger partial charge in [-0.25, -0.2) is 4.79 Å². The van der Waals surface area contributed by atoms with Crippen LogP contribution in [0.15, 0.2) is 24.3 Å². The first-order chi connectivity index (χ1) is 12.3. The zero-order valence-corrected chi connectivity index (χ0v) is 14.8. The molecule has 1 atom stereocenters. The first kappa shape index (κ1) is 17.8. The van der Waals surface area contributed by atoms with Gasteiger partial charge in [-0.2, -0.15) is 5.26 Å². The lowest BCUT2D eigenvalue weighted by molar-refractivity contribution is 0.236. The van der Waals surface area contributed by atoms with E-state index in [2.05, 4.69) is 16.7 Å². The number of piperidine rings is 1. The van der Waals surface area contributed by atoms with Crippen molar-refractivity contribution < 1.29 is 4.79 Å². The number of anilines is 1. The monoisotopic (exact) mass is 340 g/mol. The van der Waals surface area contributed by atoms with Crippen LogP contribution in [0.4, 0.5) is 10.5 Å². The van der Waals surface area contributed by atoms with Crippen LogP contribution < -0.4 is 15.5 Å². The second-order valence-corrected chi connectivity index (χ2v) is 7.17. The average Bonchev–Trinajstić information content (AvgIpc) is 2.92. The number of rotatable bonds is 3. The van der Waals surface area contributed by atoms with Gasteiger partial charge in [0.25, 0.3) is 0 Å². The Bertz CT molecular complexity index is 610. The third-order valence-electron chi connectivity index (χ3n) is 5.29. The van der Waals surface area contributed by atoms with Crippen LogP contribution in [0.2, 0.25) is 0 Å². The molecule has 134 valence electrons. The van der Waals surface area contributed by atoms with Crippen LogP contribution in [0, 0.1) is 11.3 Å². The zero-order valence-electron chi connectivity index (χ0n) is 14.8. The fraction of sp³-hybridized carbons (Fsp3) is 0.600. The number of nitriles is 1. The van der Waals surface area contributed by atoms with Gasteiger partial charge in [0.05, 0.1) is 11.6 Å². The second kappa shape index (κ2) is 8.87. The third-order valence-corrected chi connectivity index (χ3v) is 5.29. The summed E-state index contributed by atoms with van der Waals surface area (Å²) in [6.45, 7) is 1.87. The number of carbonyl (C=O) groups is 1. The lowest BCUT2D eigenvalue weighted by Crippen LogP contribution is -2.53. The summed E-state index contributed by atoms with van der Waals surface area (Å²) < 4.78 is 0. The van der Waals surface area contributed by atoms with E-state index >= 15 is 0 Å². The highest BCUT2D eigenvalue weighted by Gasteiger charge is 2.28. The Hall–Kier alpha value is -2.06. The van der Waals surface area contributed by atoms with Crippen LogP contribution in [0.25, 0.3) is 0 Å². The highest BCUT2D eigenvalue weighted by atomic mass is 16.2. The molecule has 1 saturated heterocycles. The van der Waals surface area contributed by atoms with Gasteiger partial charge in [-0.3, -0.25) is 4.90 Å². The van der Waals surface area contributed by atoms with Gasteiger partial charge >= 0.3 is 6.03 Å². The molecule has 1 saturated carbocycles. The smallest absolute Gasteiger partial charge is 0.322 e. The number of hydrogen-bond acceptors (Lipinski definition) is 3. The molecule has 1 aromatic rings. The Morgan fingerprint density at radius 2 is 1.96 bits per heavy atom. The normalized spacial score (nSPS) is 21.8. The lowest BCUT2D eigenvalue weighted by Gasteiger charge is -2.34. The number of amides is 2. The third kappa shape index (κ3) is 4.73. The van der Waals surface area contributed by atoms with Gasteiger partial charge in [-0.1, -0.05) is 31.7 Å². The highest BCUT2D eigenvalue weighted by Crippen LogP contribution is 2.27. The van der Waals surface area contributed by atoms with E-state index in [9.17, 15) is 10.1 Å². The van der Waals surface area contributed by atoms with Crippen LogP contribution >= 0.6 is 0 Å². The maximum atomic E-state index is 13.1. The maximum absolute atomic E-state index is 13.1. The fourth-order valence-electron chi connectivity index (χ4n) is 3.95. The van der Waals surface area contributed by atoms with E-state index in [0.29, 0.717) is 5.56 Å². The molecule has 1 aliphatic carbocycles. The second-order valence-electron chi connectivity index (χ2n) is 7.17. The molecule has 0 bridgehead atoms. The van der Waals surface area contributed by atoms with Crippen LogP contribution in [-0.2, 0) is 0 Å². The first-order valence-corrected chi connectivity index (χ1v) is 9.58. The molecule has 1 aromatic carbocycles. The summed E-state index contributed by atoms with van der Waals surface area (Å²) in [7, 11) is 0. The molecule has 25 heavy (non-hydrogen) atoms. The summed E-state index contributed by atoms with van der Waals surface area (Å²) in [6.07, 6.45) is 9.01. The minimum atomic E-state index is -0.0179. The molecule has 2 fully saturated rings. The molecule has 0 aromatic heterocycles. The molecule has 0 spiro atoms. The minimum Gasteiger partial charge on any atom is -0.334 e. The van der Waals surface area contributed by atoms with Gasteiger partial charge in [-0.05, 0) is 50.4 Å². The van der Waals surface area contributed by atoms with Crippen LogP contribution in [-0.4, -0.2) is 31.2 Å². The SMILES string of the molecule is N#Cc1cccc(N(C(=O)NC2CCCNC2)C2CCCCCC2)c1. The van der Waals surface area contributed by atoms with Crippen LogP contribution in [0.1, 0.15) is 56.9 Å². The molecular weight excluding hydrogens is 312 g/mol. The maximum Gasteiger partial charge on any atom is 0.322 e. The number of urea groups is 1. The highest BCUT2D eigenvalue weighted by molar-refractivity contribution is 5.93.